The van der Waals surface area contributed by atoms with Gasteiger partial charge in [0.15, 0.2) is 16.6 Å². The minimum Gasteiger partial charge on any atom is -0.506 e. The van der Waals surface area contributed by atoms with Gasteiger partial charge in [-0.1, -0.05) is 17.7 Å². The fourth-order valence-corrected chi connectivity index (χ4v) is 5.63. The minimum atomic E-state index is -0.286. The normalized spacial score (nSPS) is 18.5. The lowest BCUT2D eigenvalue weighted by molar-refractivity contribution is 0.174. The van der Waals surface area contributed by atoms with Crippen molar-refractivity contribution >= 4 is 34.6 Å². The van der Waals surface area contributed by atoms with Gasteiger partial charge < -0.3 is 29.4 Å². The average Bonchev–Trinajstić information content (AvgIpc) is 3.56. The molecule has 6 rings (SSSR count). The molecule has 2 aliphatic heterocycles. The van der Waals surface area contributed by atoms with Crippen LogP contribution in [-0.4, -0.2) is 26.6 Å². The van der Waals surface area contributed by atoms with E-state index in [2.05, 4.69) is 34.8 Å². The molecule has 36 heavy (non-hydrogen) atoms. The van der Waals surface area contributed by atoms with E-state index in [1.807, 2.05) is 41.3 Å². The van der Waals surface area contributed by atoms with Gasteiger partial charge in [-0.15, -0.1) is 0 Å². The lowest BCUT2D eigenvalue weighted by Crippen LogP contribution is -2.29. The maximum Gasteiger partial charge on any atom is 0.231 e. The first-order valence-corrected chi connectivity index (χ1v) is 12.3. The summed E-state index contributed by atoms with van der Waals surface area (Å²) in [5.41, 5.74) is 5.50. The Morgan fingerprint density at radius 3 is 2.69 bits per heavy atom. The molecule has 2 atom stereocenters. The zero-order valence-electron chi connectivity index (χ0n) is 19.6. The van der Waals surface area contributed by atoms with Crippen LogP contribution in [0.4, 0.5) is 5.69 Å². The van der Waals surface area contributed by atoms with Crippen molar-refractivity contribution in [2.24, 2.45) is 0 Å². The SMILES string of the molecule is Cc1cc(C2C(c3ccccn3)NC(=S)N2c2cc(Cl)ccc2O)c(C)n1-c1ccc2c(c1)OCO2. The molecule has 9 heteroatoms. The lowest BCUT2D eigenvalue weighted by atomic mass is 9.96. The molecule has 4 aromatic rings. The largest absolute Gasteiger partial charge is 0.506 e. The number of nitrogens with zero attached hydrogens (tertiary/aromatic N) is 3. The van der Waals surface area contributed by atoms with E-state index in [1.54, 1.807) is 24.4 Å². The summed E-state index contributed by atoms with van der Waals surface area (Å²) in [5, 5.41) is 15.2. The van der Waals surface area contributed by atoms with E-state index in [0.29, 0.717) is 15.8 Å². The van der Waals surface area contributed by atoms with Crippen LogP contribution in [0.2, 0.25) is 5.02 Å². The summed E-state index contributed by atoms with van der Waals surface area (Å²) in [7, 11) is 0. The number of benzene rings is 2. The van der Waals surface area contributed by atoms with E-state index in [0.717, 1.165) is 39.8 Å². The van der Waals surface area contributed by atoms with Crippen LogP contribution in [0.15, 0.2) is 66.9 Å². The number of ether oxygens (including phenoxy) is 2. The van der Waals surface area contributed by atoms with Crippen molar-refractivity contribution in [1.82, 2.24) is 14.9 Å². The molecule has 0 bridgehead atoms. The summed E-state index contributed by atoms with van der Waals surface area (Å²) in [6.45, 7) is 4.38. The van der Waals surface area contributed by atoms with Crippen molar-refractivity contribution in [3.05, 3.63) is 94.5 Å². The molecule has 4 heterocycles. The second-order valence-electron chi connectivity index (χ2n) is 8.83. The van der Waals surface area contributed by atoms with E-state index >= 15 is 0 Å². The number of nitrogens with one attached hydrogen (secondary N) is 1. The Morgan fingerprint density at radius 1 is 1.06 bits per heavy atom. The molecule has 7 nitrogen and oxygen atoms in total. The maximum atomic E-state index is 10.8. The summed E-state index contributed by atoms with van der Waals surface area (Å²) < 4.78 is 13.3. The minimum absolute atomic E-state index is 0.0970. The second-order valence-corrected chi connectivity index (χ2v) is 9.65. The van der Waals surface area contributed by atoms with Crippen LogP contribution < -0.4 is 19.7 Å². The Morgan fingerprint density at radius 2 is 1.89 bits per heavy atom. The van der Waals surface area contributed by atoms with Gasteiger partial charge in [-0.2, -0.15) is 0 Å². The molecule has 1 fully saturated rings. The molecule has 2 aliphatic rings. The first-order chi connectivity index (χ1) is 17.4. The Balaban J connectivity index is 1.52. The number of pyridine rings is 1. The molecule has 0 aliphatic carbocycles. The van der Waals surface area contributed by atoms with E-state index < -0.39 is 0 Å². The van der Waals surface area contributed by atoms with E-state index in [4.69, 9.17) is 33.3 Å². The van der Waals surface area contributed by atoms with Crippen molar-refractivity contribution < 1.29 is 14.6 Å². The van der Waals surface area contributed by atoms with E-state index in [-0.39, 0.29) is 24.6 Å². The van der Waals surface area contributed by atoms with Crippen molar-refractivity contribution in [2.75, 3.05) is 11.7 Å². The monoisotopic (exact) mass is 518 g/mol. The van der Waals surface area contributed by atoms with Crippen molar-refractivity contribution in [3.63, 3.8) is 0 Å². The number of hydrogen-bond acceptors (Lipinski definition) is 5. The third-order valence-electron chi connectivity index (χ3n) is 6.70. The van der Waals surface area contributed by atoms with E-state index in [9.17, 15) is 5.11 Å². The highest BCUT2D eigenvalue weighted by Crippen LogP contribution is 2.46. The summed E-state index contributed by atoms with van der Waals surface area (Å²) in [6.07, 6.45) is 1.77. The number of aromatic nitrogens is 2. The molecule has 2 aromatic carbocycles. The van der Waals surface area contributed by atoms with Crippen molar-refractivity contribution in [1.29, 1.82) is 0 Å². The molecule has 1 saturated heterocycles. The molecule has 0 radical (unpaired) electrons. The lowest BCUT2D eigenvalue weighted by Gasteiger charge is -2.28. The maximum absolute atomic E-state index is 10.8. The number of rotatable bonds is 4. The Hall–Kier alpha value is -3.75. The molecule has 2 unspecified atom stereocenters. The van der Waals surface area contributed by atoms with Crippen molar-refractivity contribution in [2.45, 2.75) is 25.9 Å². The summed E-state index contributed by atoms with van der Waals surface area (Å²) in [4.78, 5) is 6.55. The molecular weight excluding hydrogens is 496 g/mol. The number of halogens is 1. The van der Waals surface area contributed by atoms with Gasteiger partial charge in [0.1, 0.15) is 5.75 Å². The Labute approximate surface area is 218 Å². The van der Waals surface area contributed by atoms with Gasteiger partial charge in [-0.25, -0.2) is 0 Å². The highest BCUT2D eigenvalue weighted by Gasteiger charge is 2.43. The number of phenolic OH excluding ortho intramolecular Hbond substituents is 1. The van der Waals surface area contributed by atoms with Gasteiger partial charge in [0, 0.05) is 34.4 Å². The standard InChI is InChI=1S/C27H23ClN4O3S/c1-15-11-19(16(2)31(15)18-7-9-23-24(13-18)35-14-34-23)26-25(20-5-3-4-10-29-20)30-27(36)32(26)21-12-17(28)6-8-22(21)33/h3-13,25-26,33H,14H2,1-2H3,(H,30,36). The van der Waals surface area contributed by atoms with Crippen LogP contribution in [0.3, 0.4) is 0 Å². The smallest absolute Gasteiger partial charge is 0.231 e. The zero-order chi connectivity index (χ0) is 25.0. The summed E-state index contributed by atoms with van der Waals surface area (Å²) >= 11 is 12.1. The Kier molecular flexibility index (Phi) is 5.50. The average molecular weight is 519 g/mol. The number of thiocarbonyl (C=S) groups is 1. The van der Waals surface area contributed by atoms with Crippen LogP contribution in [-0.2, 0) is 0 Å². The second kappa shape index (κ2) is 8.72. The Bertz CT molecular complexity index is 1490. The third kappa shape index (κ3) is 3.65. The molecule has 182 valence electrons. The summed E-state index contributed by atoms with van der Waals surface area (Å²) in [5.74, 6) is 1.56. The zero-order valence-corrected chi connectivity index (χ0v) is 21.2. The van der Waals surface area contributed by atoms with Crippen LogP contribution in [0.1, 0.15) is 34.7 Å². The van der Waals surface area contributed by atoms with Crippen LogP contribution in [0.5, 0.6) is 17.2 Å². The number of aromatic hydroxyl groups is 1. The van der Waals surface area contributed by atoms with Gasteiger partial charge in [0.25, 0.3) is 0 Å². The van der Waals surface area contributed by atoms with Gasteiger partial charge in [0.2, 0.25) is 6.79 Å². The van der Waals surface area contributed by atoms with Gasteiger partial charge in [-0.3, -0.25) is 4.98 Å². The fraction of sp³-hybridized carbons (Fsp3) is 0.185. The first kappa shape index (κ1) is 22.7. The quantitative estimate of drug-likeness (QED) is 0.333. The van der Waals surface area contributed by atoms with Crippen LogP contribution in [0.25, 0.3) is 5.69 Å². The summed E-state index contributed by atoms with van der Waals surface area (Å²) in [6, 6.07) is 18.4. The third-order valence-corrected chi connectivity index (χ3v) is 7.25. The number of phenols is 1. The first-order valence-electron chi connectivity index (χ1n) is 11.5. The van der Waals surface area contributed by atoms with Gasteiger partial charge in [-0.05, 0) is 80.2 Å². The number of fused-ring (bicyclic) bond motifs is 1. The number of anilines is 1. The molecular formula is C27H23ClN4O3S. The van der Waals surface area contributed by atoms with Gasteiger partial charge >= 0.3 is 0 Å². The fourth-order valence-electron chi connectivity index (χ4n) is 5.13. The molecule has 0 saturated carbocycles. The van der Waals surface area contributed by atoms with E-state index in [1.165, 1.54) is 0 Å². The molecule has 0 amide bonds. The highest BCUT2D eigenvalue weighted by molar-refractivity contribution is 7.80. The highest BCUT2D eigenvalue weighted by atomic mass is 35.5. The topological polar surface area (TPSA) is 71.8 Å². The molecule has 2 N–H and O–H groups in total. The molecule has 2 aromatic heterocycles. The van der Waals surface area contributed by atoms with Gasteiger partial charge in [0.05, 0.1) is 23.5 Å². The van der Waals surface area contributed by atoms with Crippen LogP contribution in [0, 0.1) is 13.8 Å². The van der Waals surface area contributed by atoms with Crippen LogP contribution >= 0.6 is 23.8 Å². The predicted molar refractivity (Wildman–Crippen MR) is 142 cm³/mol. The van der Waals surface area contributed by atoms with Crippen molar-refractivity contribution in [3.8, 4) is 22.9 Å². The predicted octanol–water partition coefficient (Wildman–Crippen LogP) is 5.75. The number of aryl methyl sites for hydroxylation is 1. The molecule has 0 spiro atoms. The number of hydrogen-bond donors (Lipinski definition) is 2.